The number of ether oxygens (including phenoxy) is 9. The Bertz CT molecular complexity index is 2870. The zero-order chi connectivity index (χ0) is 54.6. The van der Waals surface area contributed by atoms with Crippen LogP contribution in [0.5, 0.6) is 80.5 Å². The van der Waals surface area contributed by atoms with Gasteiger partial charge in [-0.15, -0.1) is 0 Å². The number of halogens is 1. The number of nitrogens with zero attached hydrogens (tertiary/aromatic N) is 4. The summed E-state index contributed by atoms with van der Waals surface area (Å²) in [6.45, 7) is 5.03. The molecular formula is C51H55FN4O18. The minimum atomic E-state index is -0.533. The van der Waals surface area contributed by atoms with Gasteiger partial charge in [-0.2, -0.15) is 0 Å². The number of aromatic hydroxyl groups is 3. The van der Waals surface area contributed by atoms with Crippen LogP contribution in [0.1, 0.15) is 29.5 Å². The fourth-order valence-electron chi connectivity index (χ4n) is 6.89. The second-order valence-electron chi connectivity index (χ2n) is 15.4. The molecule has 1 saturated heterocycles. The number of phenolic OH excluding ortho intramolecular Hbond substituents is 3. The Morgan fingerprint density at radius 1 is 0.500 bits per heavy atom. The van der Waals surface area contributed by atoms with Crippen molar-refractivity contribution in [2.75, 3.05) is 62.9 Å². The summed E-state index contributed by atoms with van der Waals surface area (Å²) in [4.78, 5) is 33.1. The summed E-state index contributed by atoms with van der Waals surface area (Å²) >= 11 is 0. The quantitative estimate of drug-likeness (QED) is 0.0600. The van der Waals surface area contributed by atoms with Crippen LogP contribution in [0.3, 0.4) is 0 Å². The first kappa shape index (κ1) is 57.2. The predicted octanol–water partition coefficient (Wildman–Crippen LogP) is 11.1. The molecule has 0 amide bonds. The van der Waals surface area contributed by atoms with Gasteiger partial charge in [0.2, 0.25) is 17.2 Å². The van der Waals surface area contributed by atoms with E-state index in [-0.39, 0.29) is 57.3 Å². The molecule has 1 aliphatic heterocycles. The van der Waals surface area contributed by atoms with Crippen molar-refractivity contribution in [3.63, 3.8) is 0 Å². The van der Waals surface area contributed by atoms with E-state index in [0.717, 1.165) is 44.1 Å². The van der Waals surface area contributed by atoms with Crippen molar-refractivity contribution in [3.05, 3.63) is 150 Å². The molecule has 1 aliphatic rings. The monoisotopic (exact) mass is 1030 g/mol. The second kappa shape index (κ2) is 27.3. The number of aryl methyl sites for hydroxylation is 2. The molecule has 0 bridgehead atoms. The van der Waals surface area contributed by atoms with Gasteiger partial charge in [-0.05, 0) is 75.4 Å². The Hall–Kier alpha value is -9.41. The Balaban J connectivity index is 0.000000228. The summed E-state index contributed by atoms with van der Waals surface area (Å²) in [7, 11) is 10.2. The van der Waals surface area contributed by atoms with Crippen LogP contribution in [0.2, 0.25) is 0 Å². The van der Waals surface area contributed by atoms with Crippen molar-refractivity contribution in [2.24, 2.45) is 0 Å². The maximum Gasteiger partial charge on any atom is 0.276 e. The summed E-state index contributed by atoms with van der Waals surface area (Å²) < 4.78 is 59.2. The van der Waals surface area contributed by atoms with Crippen molar-refractivity contribution >= 4 is 23.1 Å². The lowest BCUT2D eigenvalue weighted by Gasteiger charge is -2.13. The van der Waals surface area contributed by atoms with Crippen LogP contribution in [0, 0.1) is 50.0 Å². The first-order valence-corrected chi connectivity index (χ1v) is 21.9. The smallest absolute Gasteiger partial charge is 0.276 e. The van der Waals surface area contributed by atoms with Gasteiger partial charge in [0.15, 0.2) is 34.5 Å². The van der Waals surface area contributed by atoms with Gasteiger partial charge in [0.05, 0.1) is 70.1 Å². The third kappa shape index (κ3) is 15.5. The van der Waals surface area contributed by atoms with E-state index in [2.05, 4.69) is 4.90 Å². The number of benzene rings is 6. The van der Waals surface area contributed by atoms with E-state index >= 15 is 0 Å². The van der Waals surface area contributed by atoms with E-state index in [1.165, 1.54) is 117 Å². The zero-order valence-corrected chi connectivity index (χ0v) is 41.8. The molecule has 1 fully saturated rings. The normalized spacial score (nSPS) is 11.3. The lowest BCUT2D eigenvalue weighted by molar-refractivity contribution is -0.385. The van der Waals surface area contributed by atoms with Crippen LogP contribution in [0.25, 0.3) is 6.08 Å². The number of nitro groups is 3. The van der Waals surface area contributed by atoms with Gasteiger partial charge in [-0.1, -0.05) is 0 Å². The van der Waals surface area contributed by atoms with Gasteiger partial charge in [0, 0.05) is 78.8 Å². The molecule has 0 radical (unpaired) electrons. The highest BCUT2D eigenvalue weighted by Crippen LogP contribution is 2.43. The molecule has 1 heterocycles. The van der Waals surface area contributed by atoms with Gasteiger partial charge in [-0.3, -0.25) is 30.3 Å². The molecule has 23 heteroatoms. The third-order valence-corrected chi connectivity index (χ3v) is 10.5. The zero-order valence-electron chi connectivity index (χ0n) is 41.8. The summed E-state index contributed by atoms with van der Waals surface area (Å²) in [5.41, 5.74) is 1.26. The molecular weight excluding hydrogens is 976 g/mol. The number of likely N-dealkylation sites (tertiary alicyclic amines) is 1. The fraction of sp³-hybridized carbons (Fsp3) is 0.255. The molecule has 22 nitrogen and oxygen atoms in total. The Morgan fingerprint density at radius 3 is 1.27 bits per heavy atom. The van der Waals surface area contributed by atoms with Gasteiger partial charge >= 0.3 is 0 Å². The maximum atomic E-state index is 12.4. The van der Waals surface area contributed by atoms with E-state index in [1.807, 2.05) is 6.20 Å². The molecule has 0 saturated carbocycles. The average molecular weight is 1030 g/mol. The first-order chi connectivity index (χ1) is 35.3. The highest BCUT2D eigenvalue weighted by Gasteiger charge is 2.19. The van der Waals surface area contributed by atoms with Crippen LogP contribution in [-0.2, 0) is 0 Å². The minimum absolute atomic E-state index is 0.00339. The number of methoxy groups -OCH3 is 7. The molecule has 0 atom stereocenters. The SMILES string of the molecule is COc1cc(O)cc(OC)c1OC.COc1cc(Oc2ccc([N+](=O)[O-])c(/C=C/N3CCCC3)c2)cc(OC)c1O.COc1cc(Oc2ccc([N+](=O)[O-])c(C)c2)cc(OC)c1O.Cc1cc(F)ccc1[N+](=O)[O-]. The van der Waals surface area contributed by atoms with Gasteiger partial charge < -0.3 is 62.9 Å². The van der Waals surface area contributed by atoms with E-state index in [0.29, 0.717) is 56.9 Å². The van der Waals surface area contributed by atoms with E-state index in [4.69, 9.17) is 42.6 Å². The topological polar surface area (TPSA) is 276 Å². The van der Waals surface area contributed by atoms with Crippen molar-refractivity contribution < 1.29 is 77.1 Å². The van der Waals surface area contributed by atoms with Gasteiger partial charge in [0.25, 0.3) is 17.1 Å². The number of nitro benzene ring substituents is 3. The molecule has 6 aromatic rings. The van der Waals surface area contributed by atoms with Crippen molar-refractivity contribution in [1.82, 2.24) is 4.90 Å². The van der Waals surface area contributed by atoms with E-state index in [9.17, 15) is 50.1 Å². The fourth-order valence-corrected chi connectivity index (χ4v) is 6.89. The highest BCUT2D eigenvalue weighted by atomic mass is 19.1. The van der Waals surface area contributed by atoms with Crippen LogP contribution in [0.4, 0.5) is 21.5 Å². The molecule has 7 rings (SSSR count). The van der Waals surface area contributed by atoms with Crippen molar-refractivity contribution in [3.8, 4) is 80.5 Å². The molecule has 3 N–H and O–H groups in total. The lowest BCUT2D eigenvalue weighted by atomic mass is 10.1. The Kier molecular flexibility index (Phi) is 21.1. The second-order valence-corrected chi connectivity index (χ2v) is 15.4. The molecule has 0 aromatic heterocycles. The third-order valence-electron chi connectivity index (χ3n) is 10.5. The predicted molar refractivity (Wildman–Crippen MR) is 269 cm³/mol. The lowest BCUT2D eigenvalue weighted by Crippen LogP contribution is -2.10. The summed E-state index contributed by atoms with van der Waals surface area (Å²) in [6.07, 6.45) is 5.86. The van der Waals surface area contributed by atoms with Gasteiger partial charge in [-0.25, -0.2) is 4.39 Å². The number of hydrogen-bond acceptors (Lipinski definition) is 19. The average Bonchev–Trinajstić information content (AvgIpc) is 3.90. The molecule has 0 aliphatic carbocycles. The van der Waals surface area contributed by atoms with E-state index in [1.54, 1.807) is 25.1 Å². The van der Waals surface area contributed by atoms with Crippen LogP contribution >= 0.6 is 0 Å². The van der Waals surface area contributed by atoms with Crippen molar-refractivity contribution in [2.45, 2.75) is 26.7 Å². The highest BCUT2D eigenvalue weighted by molar-refractivity contribution is 5.64. The molecule has 0 spiro atoms. The Morgan fingerprint density at radius 2 is 0.892 bits per heavy atom. The Labute approximate surface area is 424 Å². The first-order valence-electron chi connectivity index (χ1n) is 21.9. The molecule has 0 unspecified atom stereocenters. The largest absolute Gasteiger partial charge is 0.508 e. The maximum absolute atomic E-state index is 12.4. The number of phenols is 3. The van der Waals surface area contributed by atoms with E-state index < -0.39 is 20.6 Å². The standard InChI is InChI=1S/C20H22N2O6.C15H15NO6.C9H12O4.C7H6FNO2/c1-26-18-12-16(13-19(27-2)20(18)23)28-15-5-6-17(22(24)25)14(11-15)7-10-21-8-3-4-9-21;1-9-6-10(4-5-12(9)16(18)19)22-11-7-13(20-2)15(17)14(8-11)21-3;1-11-7-4-6(10)5-8(12-2)9(7)13-3;1-5-4-6(8)2-3-7(5)9(10)11/h5-7,10-13,23H,3-4,8-9H2,1-2H3;4-8,17H,1-3H3;4-5,10H,1-3H3;2-4H,1H3/b10-7+;;;. The van der Waals surface area contributed by atoms with Crippen molar-refractivity contribution in [1.29, 1.82) is 0 Å². The van der Waals surface area contributed by atoms with Gasteiger partial charge in [0.1, 0.15) is 34.6 Å². The molecule has 6 aromatic carbocycles. The molecule has 394 valence electrons. The van der Waals surface area contributed by atoms with Crippen LogP contribution in [0.15, 0.2) is 97.2 Å². The minimum Gasteiger partial charge on any atom is -0.508 e. The summed E-state index contributed by atoms with van der Waals surface area (Å²) in [6, 6.07) is 21.3. The molecule has 74 heavy (non-hydrogen) atoms. The van der Waals surface area contributed by atoms with Crippen LogP contribution in [-0.4, -0.2) is 97.8 Å². The van der Waals surface area contributed by atoms with Crippen LogP contribution < -0.4 is 42.6 Å². The number of hydrogen-bond donors (Lipinski definition) is 3. The number of rotatable bonds is 16. The summed E-state index contributed by atoms with van der Waals surface area (Å²) in [5, 5.41) is 61.5. The summed E-state index contributed by atoms with van der Waals surface area (Å²) in [5.74, 6) is 3.13.